The summed E-state index contributed by atoms with van der Waals surface area (Å²) < 4.78 is 1.72. The quantitative estimate of drug-likeness (QED) is 0.525. The van der Waals surface area contributed by atoms with Gasteiger partial charge < -0.3 is 14.9 Å². The van der Waals surface area contributed by atoms with Crippen molar-refractivity contribution in [3.05, 3.63) is 56.5 Å². The lowest BCUT2D eigenvalue weighted by Gasteiger charge is -2.28. The maximum absolute atomic E-state index is 12.7. The monoisotopic (exact) mass is 446 g/mol. The van der Waals surface area contributed by atoms with E-state index in [9.17, 15) is 14.4 Å². The third-order valence-corrected chi connectivity index (χ3v) is 7.83. The molecular weight excluding hydrogens is 420 g/mol. The first-order valence-corrected chi connectivity index (χ1v) is 11.3. The van der Waals surface area contributed by atoms with Crippen molar-refractivity contribution in [2.75, 3.05) is 7.05 Å². The number of imidazole rings is 2. The van der Waals surface area contributed by atoms with Crippen molar-refractivity contribution in [2.24, 2.45) is 5.92 Å². The van der Waals surface area contributed by atoms with Crippen LogP contribution < -0.4 is 11.0 Å². The van der Waals surface area contributed by atoms with Gasteiger partial charge in [0.25, 0.3) is 5.91 Å². The van der Waals surface area contributed by atoms with E-state index in [0.717, 1.165) is 44.9 Å². The first-order valence-electron chi connectivity index (χ1n) is 11.3. The van der Waals surface area contributed by atoms with E-state index in [1.807, 2.05) is 19.9 Å². The van der Waals surface area contributed by atoms with Gasteiger partial charge in [-0.3, -0.25) is 14.7 Å². The van der Waals surface area contributed by atoms with Gasteiger partial charge in [0.05, 0.1) is 29.0 Å². The second-order valence-electron chi connectivity index (χ2n) is 9.82. The minimum absolute atomic E-state index is 0.102. The number of hydrogen-bond acceptors (Lipinski definition) is 4. The number of benzene rings is 1. The van der Waals surface area contributed by atoms with E-state index < -0.39 is 5.54 Å². The number of fused-ring (bicyclic) bond motifs is 3. The molecule has 1 spiro atoms. The summed E-state index contributed by atoms with van der Waals surface area (Å²) >= 11 is 0. The topological polar surface area (TPSA) is 116 Å². The first kappa shape index (κ1) is 20.0. The molecular formula is C24H26N6O3. The van der Waals surface area contributed by atoms with Crippen LogP contribution >= 0.6 is 0 Å². The Kier molecular flexibility index (Phi) is 3.92. The highest BCUT2D eigenvalue weighted by Crippen LogP contribution is 2.52. The Morgan fingerprint density at radius 2 is 1.97 bits per heavy atom. The fourth-order valence-corrected chi connectivity index (χ4v) is 6.04. The molecule has 3 N–H and O–H groups in total. The minimum Gasteiger partial charge on any atom is -0.341 e. The maximum Gasteiger partial charge on any atom is 0.326 e. The zero-order valence-corrected chi connectivity index (χ0v) is 19.1. The summed E-state index contributed by atoms with van der Waals surface area (Å²) in [7, 11) is 1.70. The molecule has 2 aromatic heterocycles. The van der Waals surface area contributed by atoms with Gasteiger partial charge in [-0.05, 0) is 49.5 Å². The number of carbonyl (C=O) groups is 2. The van der Waals surface area contributed by atoms with Gasteiger partial charge in [0.1, 0.15) is 11.4 Å². The van der Waals surface area contributed by atoms with E-state index in [1.54, 1.807) is 16.5 Å². The maximum atomic E-state index is 12.7. The number of H-pyrrole nitrogens is 2. The van der Waals surface area contributed by atoms with Gasteiger partial charge in [-0.15, -0.1) is 0 Å². The molecule has 3 aromatic rings. The van der Waals surface area contributed by atoms with Crippen LogP contribution in [0.3, 0.4) is 0 Å². The molecule has 2 fully saturated rings. The van der Waals surface area contributed by atoms with Crippen LogP contribution in [0.25, 0.3) is 17.1 Å². The molecule has 0 bridgehead atoms. The van der Waals surface area contributed by atoms with Crippen molar-refractivity contribution >= 4 is 29.0 Å². The number of amides is 3. The summed E-state index contributed by atoms with van der Waals surface area (Å²) in [5, 5.41) is 2.46. The summed E-state index contributed by atoms with van der Waals surface area (Å²) in [4.78, 5) is 50.2. The number of urea groups is 1. The number of carbonyl (C=O) groups excluding carboxylic acids is 2. The summed E-state index contributed by atoms with van der Waals surface area (Å²) in [5.74, 6) is 0.768. The summed E-state index contributed by atoms with van der Waals surface area (Å²) in [6, 6.07) is 3.74. The molecule has 170 valence electrons. The molecule has 0 radical (unpaired) electrons. The van der Waals surface area contributed by atoms with Crippen LogP contribution in [-0.4, -0.2) is 48.9 Å². The highest BCUT2D eigenvalue weighted by Gasteiger charge is 2.58. The number of rotatable bonds is 2. The molecule has 1 saturated carbocycles. The van der Waals surface area contributed by atoms with Crippen molar-refractivity contribution in [2.45, 2.75) is 51.6 Å². The minimum atomic E-state index is -0.804. The van der Waals surface area contributed by atoms with E-state index in [0.29, 0.717) is 19.4 Å². The number of likely N-dealkylation sites (N-methyl/N-ethyl adjacent to an activating group) is 1. The molecule has 33 heavy (non-hydrogen) atoms. The Morgan fingerprint density at radius 3 is 2.70 bits per heavy atom. The molecule has 3 amide bonds. The molecule has 3 heterocycles. The number of imide groups is 1. The fraction of sp³-hybridized carbons (Fsp3) is 0.417. The molecule has 2 unspecified atom stereocenters. The Balaban J connectivity index is 1.36. The van der Waals surface area contributed by atoms with E-state index in [4.69, 9.17) is 4.98 Å². The Bertz CT molecular complexity index is 1460. The smallest absolute Gasteiger partial charge is 0.326 e. The number of nitrogens with zero attached hydrogens (tertiary/aromatic N) is 3. The molecule has 3 atom stereocenters. The lowest BCUT2D eigenvalue weighted by atomic mass is 9.81. The van der Waals surface area contributed by atoms with Crippen molar-refractivity contribution in [3.63, 3.8) is 0 Å². The lowest BCUT2D eigenvalue weighted by molar-refractivity contribution is -0.126. The molecule has 6 rings (SSSR count). The van der Waals surface area contributed by atoms with Crippen LogP contribution in [0.5, 0.6) is 0 Å². The van der Waals surface area contributed by atoms with Gasteiger partial charge in [-0.2, -0.15) is 0 Å². The molecule has 3 aliphatic rings. The molecule has 1 aromatic carbocycles. The van der Waals surface area contributed by atoms with E-state index in [1.165, 1.54) is 0 Å². The summed E-state index contributed by atoms with van der Waals surface area (Å²) in [6.45, 7) is 6.49. The van der Waals surface area contributed by atoms with Gasteiger partial charge in [0.2, 0.25) is 0 Å². The molecule has 1 aliphatic heterocycles. The third-order valence-electron chi connectivity index (χ3n) is 7.83. The average molecular weight is 447 g/mol. The van der Waals surface area contributed by atoms with E-state index in [2.05, 4.69) is 34.4 Å². The second kappa shape index (κ2) is 6.46. The molecule has 9 heteroatoms. The zero-order chi connectivity index (χ0) is 23.2. The summed E-state index contributed by atoms with van der Waals surface area (Å²) in [5.41, 5.74) is 5.95. The van der Waals surface area contributed by atoms with Crippen LogP contribution in [0.4, 0.5) is 4.79 Å². The molecule has 2 aliphatic carbocycles. The van der Waals surface area contributed by atoms with Gasteiger partial charge in [-0.1, -0.05) is 18.6 Å². The lowest BCUT2D eigenvalue weighted by Crippen LogP contribution is -2.45. The Labute approximate surface area is 189 Å². The average Bonchev–Trinajstić information content (AvgIpc) is 3.47. The van der Waals surface area contributed by atoms with Gasteiger partial charge in [0.15, 0.2) is 0 Å². The number of aromatic nitrogens is 4. The number of hydrogen-bond donors (Lipinski definition) is 3. The Hall–Kier alpha value is -3.62. The largest absolute Gasteiger partial charge is 0.341 e. The first-order chi connectivity index (χ1) is 15.7. The van der Waals surface area contributed by atoms with Crippen molar-refractivity contribution in [3.8, 4) is 0 Å². The van der Waals surface area contributed by atoms with E-state index >= 15 is 0 Å². The number of aryl methyl sites for hydroxylation is 2. The van der Waals surface area contributed by atoms with E-state index in [-0.39, 0.29) is 29.5 Å². The molecule has 9 nitrogen and oxygen atoms in total. The molecule has 1 saturated heterocycles. The van der Waals surface area contributed by atoms with Crippen molar-refractivity contribution in [1.82, 2.24) is 29.7 Å². The zero-order valence-electron chi connectivity index (χ0n) is 19.1. The highest BCUT2D eigenvalue weighted by atomic mass is 16.2. The van der Waals surface area contributed by atoms with Crippen LogP contribution in [0.15, 0.2) is 22.5 Å². The van der Waals surface area contributed by atoms with Gasteiger partial charge in [-0.25, -0.2) is 14.6 Å². The highest BCUT2D eigenvalue weighted by molar-refractivity contribution is 6.07. The van der Waals surface area contributed by atoms with Gasteiger partial charge in [0, 0.05) is 19.4 Å². The normalized spacial score (nSPS) is 26.2. The predicted molar refractivity (Wildman–Crippen MR) is 123 cm³/mol. The van der Waals surface area contributed by atoms with Crippen LogP contribution in [-0.2, 0) is 11.3 Å². The second-order valence-corrected chi connectivity index (χ2v) is 9.82. The van der Waals surface area contributed by atoms with Crippen LogP contribution in [0, 0.1) is 19.8 Å². The van der Waals surface area contributed by atoms with Crippen molar-refractivity contribution in [1.29, 1.82) is 0 Å². The summed E-state index contributed by atoms with van der Waals surface area (Å²) in [6.07, 6.45) is 3.21. The van der Waals surface area contributed by atoms with Crippen LogP contribution in [0.2, 0.25) is 0 Å². The SMILES string of the molecule is Cc1cc(C)c2[nH]c(=O)n(Cc3nc4c([nH]3)C=C3CC5(C[C@@H]3C4C)C(=O)NC(=O)N5C)c2c1. The Morgan fingerprint density at radius 1 is 1.18 bits per heavy atom. The number of aromatic amines is 2. The van der Waals surface area contributed by atoms with Crippen LogP contribution in [0.1, 0.15) is 54.0 Å². The predicted octanol–water partition coefficient (Wildman–Crippen LogP) is 2.55. The number of nitrogens with one attached hydrogen (secondary N) is 3. The fourth-order valence-electron chi connectivity index (χ4n) is 6.04. The standard InChI is InChI=1S/C24H26N6O3/c1-11-5-12(2)19-17(6-11)30(23(33)27-19)10-18-25-16-7-14-8-24(21(31)28-22(32)29(24)4)9-15(14)13(3)20(16)26-18/h5-7,13,15H,8-10H2,1-4H3,(H,25,26)(H,27,33)(H,28,31,32)/t13?,15-,24?/m1/s1. The third kappa shape index (κ3) is 2.65. The van der Waals surface area contributed by atoms with Gasteiger partial charge >= 0.3 is 11.7 Å². The van der Waals surface area contributed by atoms with Crippen molar-refractivity contribution < 1.29 is 9.59 Å².